The summed E-state index contributed by atoms with van der Waals surface area (Å²) in [5, 5.41) is 0.881. The number of ether oxygens (including phenoxy) is 1. The van der Waals surface area contributed by atoms with Crippen LogP contribution >= 0.6 is 11.3 Å². The third-order valence-electron chi connectivity index (χ3n) is 3.63. The Bertz CT molecular complexity index is 458. The predicted molar refractivity (Wildman–Crippen MR) is 71.7 cm³/mol. The zero-order chi connectivity index (χ0) is 13.3. The molecule has 5 heteroatoms. The van der Waals surface area contributed by atoms with Crippen LogP contribution in [0.4, 0.5) is 0 Å². The first-order valence-corrected chi connectivity index (χ1v) is 7.13. The maximum absolute atomic E-state index is 11.6. The van der Waals surface area contributed by atoms with Crippen molar-refractivity contribution in [2.75, 3.05) is 7.11 Å². The Labute approximate surface area is 112 Å². The van der Waals surface area contributed by atoms with Crippen molar-refractivity contribution in [2.45, 2.75) is 45.1 Å². The van der Waals surface area contributed by atoms with E-state index in [4.69, 9.17) is 10.5 Å². The highest BCUT2D eigenvalue weighted by atomic mass is 32.1. The highest BCUT2D eigenvalue weighted by Crippen LogP contribution is 2.40. The van der Waals surface area contributed by atoms with E-state index >= 15 is 0 Å². The summed E-state index contributed by atoms with van der Waals surface area (Å²) in [4.78, 5) is 16.9. The predicted octanol–water partition coefficient (Wildman–Crippen LogP) is 2.60. The average Bonchev–Trinajstić information content (AvgIpc) is 2.71. The Morgan fingerprint density at radius 2 is 2.33 bits per heavy atom. The van der Waals surface area contributed by atoms with Gasteiger partial charge in [-0.3, -0.25) is 0 Å². The molecule has 0 spiro atoms. The summed E-state index contributed by atoms with van der Waals surface area (Å²) in [5.41, 5.74) is 6.55. The lowest BCUT2D eigenvalue weighted by Gasteiger charge is -2.35. The molecular formula is C13H20N2O2S. The van der Waals surface area contributed by atoms with E-state index in [1.165, 1.54) is 24.9 Å². The number of carbonyl (C=O) groups excluding carboxylic acids is 1. The van der Waals surface area contributed by atoms with E-state index in [1.54, 1.807) is 0 Å². The zero-order valence-corrected chi connectivity index (χ0v) is 12.0. The molecule has 100 valence electrons. The Morgan fingerprint density at radius 1 is 1.61 bits per heavy atom. The second kappa shape index (κ2) is 4.97. The van der Waals surface area contributed by atoms with Crippen molar-refractivity contribution in [3.8, 4) is 0 Å². The normalized spacial score (nSPS) is 28.1. The molecule has 2 unspecified atom stereocenters. The molecular weight excluding hydrogens is 248 g/mol. The Hall–Kier alpha value is -0.940. The lowest BCUT2D eigenvalue weighted by molar-refractivity contribution is 0.0593. The van der Waals surface area contributed by atoms with E-state index in [0.717, 1.165) is 29.1 Å². The summed E-state index contributed by atoms with van der Waals surface area (Å²) in [5.74, 6) is 0.247. The van der Waals surface area contributed by atoms with Crippen molar-refractivity contribution in [1.29, 1.82) is 0 Å². The number of hydrogen-bond acceptors (Lipinski definition) is 5. The summed E-state index contributed by atoms with van der Waals surface area (Å²) >= 11 is 1.53. The van der Waals surface area contributed by atoms with Gasteiger partial charge in [-0.1, -0.05) is 19.8 Å². The maximum Gasteiger partial charge on any atom is 0.357 e. The van der Waals surface area contributed by atoms with E-state index in [9.17, 15) is 4.79 Å². The molecule has 0 bridgehead atoms. The molecule has 1 aromatic rings. The molecule has 0 saturated heterocycles. The smallest absolute Gasteiger partial charge is 0.357 e. The minimum atomic E-state index is -0.373. The van der Waals surface area contributed by atoms with Gasteiger partial charge in [-0.2, -0.15) is 0 Å². The standard InChI is InChI=1S/C13H20N2O2S/c1-8-5-4-6-13(14,7-8)12-15-10(9(2)18-12)11(16)17-3/h8H,4-7,14H2,1-3H3. The zero-order valence-electron chi connectivity index (χ0n) is 11.2. The Balaban J connectivity index is 2.31. The minimum Gasteiger partial charge on any atom is -0.464 e. The fourth-order valence-electron chi connectivity index (χ4n) is 2.68. The number of rotatable bonds is 2. The number of methoxy groups -OCH3 is 1. The van der Waals surface area contributed by atoms with Gasteiger partial charge in [0.1, 0.15) is 5.01 Å². The van der Waals surface area contributed by atoms with E-state index in [2.05, 4.69) is 11.9 Å². The molecule has 2 rings (SSSR count). The SMILES string of the molecule is COC(=O)c1nc(C2(N)CCCC(C)C2)sc1C. The third-order valence-corrected chi connectivity index (χ3v) is 4.82. The molecule has 1 aromatic heterocycles. The largest absolute Gasteiger partial charge is 0.464 e. The third kappa shape index (κ3) is 2.42. The summed E-state index contributed by atoms with van der Waals surface area (Å²) in [6.45, 7) is 4.12. The van der Waals surface area contributed by atoms with Crippen LogP contribution in [0.2, 0.25) is 0 Å². The van der Waals surface area contributed by atoms with Crippen LogP contribution < -0.4 is 5.73 Å². The topological polar surface area (TPSA) is 65.2 Å². The van der Waals surface area contributed by atoms with Gasteiger partial charge in [-0.05, 0) is 25.7 Å². The second-order valence-corrected chi connectivity index (χ2v) is 6.48. The molecule has 2 N–H and O–H groups in total. The van der Waals surface area contributed by atoms with Crippen LogP contribution in [0.1, 0.15) is 53.0 Å². The van der Waals surface area contributed by atoms with E-state index in [-0.39, 0.29) is 11.5 Å². The van der Waals surface area contributed by atoms with Crippen LogP contribution in [0.3, 0.4) is 0 Å². The fourth-order valence-corrected chi connectivity index (χ4v) is 3.72. The van der Waals surface area contributed by atoms with Gasteiger partial charge in [0.2, 0.25) is 0 Å². The van der Waals surface area contributed by atoms with Gasteiger partial charge in [-0.15, -0.1) is 11.3 Å². The van der Waals surface area contributed by atoms with Crippen LogP contribution in [-0.2, 0) is 10.3 Å². The molecule has 0 aromatic carbocycles. The Kier molecular flexibility index (Phi) is 3.73. The molecule has 1 fully saturated rings. The molecule has 0 radical (unpaired) electrons. The fraction of sp³-hybridized carbons (Fsp3) is 0.692. The van der Waals surface area contributed by atoms with Gasteiger partial charge in [0.25, 0.3) is 0 Å². The van der Waals surface area contributed by atoms with Gasteiger partial charge in [0.05, 0.1) is 12.6 Å². The lowest BCUT2D eigenvalue weighted by atomic mass is 9.77. The molecule has 18 heavy (non-hydrogen) atoms. The van der Waals surface area contributed by atoms with Crippen molar-refractivity contribution in [1.82, 2.24) is 4.98 Å². The average molecular weight is 268 g/mol. The lowest BCUT2D eigenvalue weighted by Crippen LogP contribution is -2.41. The van der Waals surface area contributed by atoms with E-state index in [1.807, 2.05) is 6.92 Å². The molecule has 2 atom stereocenters. The van der Waals surface area contributed by atoms with Crippen molar-refractivity contribution in [3.05, 3.63) is 15.6 Å². The molecule has 4 nitrogen and oxygen atoms in total. The number of hydrogen-bond donors (Lipinski definition) is 1. The van der Waals surface area contributed by atoms with Crippen LogP contribution in [-0.4, -0.2) is 18.1 Å². The number of carbonyl (C=O) groups is 1. The number of esters is 1. The van der Waals surface area contributed by atoms with Gasteiger partial charge in [0.15, 0.2) is 5.69 Å². The van der Waals surface area contributed by atoms with E-state index < -0.39 is 0 Å². The van der Waals surface area contributed by atoms with Crippen molar-refractivity contribution in [3.63, 3.8) is 0 Å². The summed E-state index contributed by atoms with van der Waals surface area (Å²) in [6.07, 6.45) is 4.25. The highest BCUT2D eigenvalue weighted by molar-refractivity contribution is 7.12. The van der Waals surface area contributed by atoms with Gasteiger partial charge < -0.3 is 10.5 Å². The van der Waals surface area contributed by atoms with Crippen molar-refractivity contribution in [2.24, 2.45) is 11.7 Å². The van der Waals surface area contributed by atoms with Crippen molar-refractivity contribution < 1.29 is 9.53 Å². The first-order valence-electron chi connectivity index (χ1n) is 6.31. The summed E-state index contributed by atoms with van der Waals surface area (Å²) in [7, 11) is 1.38. The number of nitrogens with two attached hydrogens (primary N) is 1. The number of nitrogens with zero attached hydrogens (tertiary/aromatic N) is 1. The second-order valence-electron chi connectivity index (χ2n) is 5.27. The molecule has 1 heterocycles. The number of thiazole rings is 1. The highest BCUT2D eigenvalue weighted by Gasteiger charge is 2.36. The van der Waals surface area contributed by atoms with Crippen LogP contribution in [0.15, 0.2) is 0 Å². The number of aryl methyl sites for hydroxylation is 1. The van der Waals surface area contributed by atoms with Crippen LogP contribution in [0, 0.1) is 12.8 Å². The number of aromatic nitrogens is 1. The minimum absolute atomic E-state index is 0.362. The van der Waals surface area contributed by atoms with Crippen molar-refractivity contribution >= 4 is 17.3 Å². The van der Waals surface area contributed by atoms with Gasteiger partial charge in [-0.25, -0.2) is 9.78 Å². The maximum atomic E-state index is 11.6. The summed E-state index contributed by atoms with van der Waals surface area (Å²) in [6, 6.07) is 0. The first-order chi connectivity index (χ1) is 8.46. The van der Waals surface area contributed by atoms with Crippen LogP contribution in [0.5, 0.6) is 0 Å². The van der Waals surface area contributed by atoms with E-state index in [0.29, 0.717) is 11.6 Å². The molecule has 0 amide bonds. The monoisotopic (exact) mass is 268 g/mol. The van der Waals surface area contributed by atoms with Crippen LogP contribution in [0.25, 0.3) is 0 Å². The first kappa shape index (κ1) is 13.5. The van der Waals surface area contributed by atoms with Gasteiger partial charge >= 0.3 is 5.97 Å². The molecule has 1 saturated carbocycles. The molecule has 1 aliphatic carbocycles. The summed E-state index contributed by atoms with van der Waals surface area (Å²) < 4.78 is 4.74. The quantitative estimate of drug-likeness (QED) is 0.837. The Morgan fingerprint density at radius 3 is 2.94 bits per heavy atom. The molecule has 0 aliphatic heterocycles. The molecule has 1 aliphatic rings. The van der Waals surface area contributed by atoms with Gasteiger partial charge in [0, 0.05) is 4.88 Å².